The molecule has 2 atom stereocenters. The van der Waals surface area contributed by atoms with E-state index in [0.29, 0.717) is 6.61 Å². The average molecular weight is 268 g/mol. The lowest BCUT2D eigenvalue weighted by molar-refractivity contribution is 0.0467. The first-order valence-corrected chi connectivity index (χ1v) is 7.39. The number of nitrogens with one attached hydrogen (secondary N) is 1. The predicted molar refractivity (Wildman–Crippen MR) is 74.7 cm³/mol. The van der Waals surface area contributed by atoms with E-state index >= 15 is 0 Å². The molecule has 0 saturated carbocycles. The van der Waals surface area contributed by atoms with E-state index in [-0.39, 0.29) is 12.1 Å². The summed E-state index contributed by atoms with van der Waals surface area (Å²) in [6.07, 6.45) is 0.116. The first-order chi connectivity index (χ1) is 8.85. The second-order valence-electron chi connectivity index (χ2n) is 4.13. The molecule has 18 heavy (non-hydrogen) atoms. The summed E-state index contributed by atoms with van der Waals surface area (Å²) in [6.45, 7) is 3.44. The van der Waals surface area contributed by atoms with Gasteiger partial charge in [0.05, 0.1) is 25.4 Å². The van der Waals surface area contributed by atoms with Crippen molar-refractivity contribution in [3.05, 3.63) is 29.8 Å². The van der Waals surface area contributed by atoms with Crippen LogP contribution in [0.1, 0.15) is 18.5 Å². The summed E-state index contributed by atoms with van der Waals surface area (Å²) in [5, 5.41) is 0. The van der Waals surface area contributed by atoms with Gasteiger partial charge in [0.1, 0.15) is 5.75 Å². The minimum Gasteiger partial charge on any atom is -0.494 e. The van der Waals surface area contributed by atoms with E-state index in [2.05, 4.69) is 11.5 Å². The molecule has 1 aliphatic rings. The fourth-order valence-electron chi connectivity index (χ4n) is 2.08. The predicted octanol–water partition coefficient (Wildman–Crippen LogP) is 1.72. The fraction of sp³-hybridized carbons (Fsp3) is 0.538. The van der Waals surface area contributed by atoms with Crippen LogP contribution in [0.4, 0.5) is 0 Å². The highest BCUT2D eigenvalue weighted by Gasteiger charge is 2.25. The van der Waals surface area contributed by atoms with Crippen molar-refractivity contribution in [1.82, 2.24) is 5.43 Å². The number of benzene rings is 1. The summed E-state index contributed by atoms with van der Waals surface area (Å²) in [5.74, 6) is 8.58. The van der Waals surface area contributed by atoms with Crippen molar-refractivity contribution in [3.8, 4) is 5.75 Å². The molecule has 100 valence electrons. The molecule has 0 aliphatic carbocycles. The van der Waals surface area contributed by atoms with Crippen LogP contribution in [0.15, 0.2) is 24.3 Å². The van der Waals surface area contributed by atoms with Crippen LogP contribution in [0, 0.1) is 0 Å². The van der Waals surface area contributed by atoms with Crippen LogP contribution >= 0.6 is 11.8 Å². The number of thioether (sulfide) groups is 1. The molecule has 0 amide bonds. The molecule has 0 bridgehead atoms. The molecule has 2 rings (SSSR count). The molecule has 1 aromatic rings. The molecule has 3 N–H and O–H groups in total. The Morgan fingerprint density at radius 3 is 3.17 bits per heavy atom. The lowest BCUT2D eigenvalue weighted by Gasteiger charge is -2.30. The van der Waals surface area contributed by atoms with Gasteiger partial charge in [0, 0.05) is 11.5 Å². The molecule has 4 nitrogen and oxygen atoms in total. The van der Waals surface area contributed by atoms with Crippen molar-refractivity contribution in [3.63, 3.8) is 0 Å². The molecule has 1 fully saturated rings. The number of nitrogens with two attached hydrogens (primary N) is 1. The van der Waals surface area contributed by atoms with E-state index in [0.717, 1.165) is 29.4 Å². The fourth-order valence-corrected chi connectivity index (χ4v) is 2.98. The SMILES string of the molecule is CCOc1cccc(C(NN)C2CSCCO2)c1. The average Bonchev–Trinajstić information content (AvgIpc) is 2.42. The van der Waals surface area contributed by atoms with Gasteiger partial charge in [-0.3, -0.25) is 11.3 Å². The molecule has 0 spiro atoms. The molecule has 0 radical (unpaired) electrons. The van der Waals surface area contributed by atoms with E-state index in [9.17, 15) is 0 Å². The van der Waals surface area contributed by atoms with E-state index in [1.807, 2.05) is 36.9 Å². The molecule has 1 heterocycles. The zero-order chi connectivity index (χ0) is 12.8. The summed E-state index contributed by atoms with van der Waals surface area (Å²) in [5.41, 5.74) is 3.97. The van der Waals surface area contributed by atoms with Crippen molar-refractivity contribution in [2.24, 2.45) is 5.84 Å². The summed E-state index contributed by atoms with van der Waals surface area (Å²) in [4.78, 5) is 0. The normalized spacial score (nSPS) is 21.6. The van der Waals surface area contributed by atoms with Crippen LogP contribution in [-0.2, 0) is 4.74 Å². The van der Waals surface area contributed by atoms with Gasteiger partial charge in [-0.2, -0.15) is 11.8 Å². The maximum absolute atomic E-state index is 5.78. The summed E-state index contributed by atoms with van der Waals surface area (Å²) >= 11 is 1.90. The first-order valence-electron chi connectivity index (χ1n) is 6.23. The molecule has 1 aliphatic heterocycles. The largest absolute Gasteiger partial charge is 0.494 e. The molecule has 2 unspecified atom stereocenters. The first kappa shape index (κ1) is 13.7. The highest BCUT2D eigenvalue weighted by molar-refractivity contribution is 7.99. The molecule has 1 aromatic carbocycles. The molecule has 1 saturated heterocycles. The Kier molecular flexibility index (Phi) is 5.31. The van der Waals surface area contributed by atoms with Crippen LogP contribution in [0.25, 0.3) is 0 Å². The van der Waals surface area contributed by atoms with Crippen LogP contribution in [0.2, 0.25) is 0 Å². The number of ether oxygens (including phenoxy) is 2. The van der Waals surface area contributed by atoms with Crippen molar-refractivity contribution in [1.29, 1.82) is 0 Å². The number of hydrogen-bond acceptors (Lipinski definition) is 5. The van der Waals surface area contributed by atoms with E-state index in [1.165, 1.54) is 0 Å². The Hall–Kier alpha value is -0.750. The van der Waals surface area contributed by atoms with Crippen molar-refractivity contribution in [2.45, 2.75) is 19.1 Å². The third kappa shape index (κ3) is 3.38. The zero-order valence-electron chi connectivity index (χ0n) is 10.6. The Bertz CT molecular complexity index is 370. The van der Waals surface area contributed by atoms with Gasteiger partial charge in [-0.15, -0.1) is 0 Å². The molecule has 5 heteroatoms. The Morgan fingerprint density at radius 2 is 2.50 bits per heavy atom. The van der Waals surface area contributed by atoms with Crippen molar-refractivity contribution >= 4 is 11.8 Å². The standard InChI is InChI=1S/C13H20N2O2S/c1-2-16-11-5-3-4-10(8-11)13(15-14)12-9-18-7-6-17-12/h3-5,8,12-13,15H,2,6-7,9,14H2,1H3. The highest BCUT2D eigenvalue weighted by Crippen LogP contribution is 2.27. The lowest BCUT2D eigenvalue weighted by Crippen LogP contribution is -2.41. The smallest absolute Gasteiger partial charge is 0.119 e. The Labute approximate surface area is 112 Å². The van der Waals surface area contributed by atoms with Crippen molar-refractivity contribution < 1.29 is 9.47 Å². The maximum atomic E-state index is 5.78. The van der Waals surface area contributed by atoms with Crippen LogP contribution in [0.3, 0.4) is 0 Å². The number of hydrogen-bond donors (Lipinski definition) is 2. The van der Waals surface area contributed by atoms with Gasteiger partial charge < -0.3 is 9.47 Å². The van der Waals surface area contributed by atoms with Gasteiger partial charge >= 0.3 is 0 Å². The summed E-state index contributed by atoms with van der Waals surface area (Å²) in [7, 11) is 0. The monoisotopic (exact) mass is 268 g/mol. The van der Waals surface area contributed by atoms with Gasteiger partial charge in [-0.25, -0.2) is 0 Å². The zero-order valence-corrected chi connectivity index (χ0v) is 11.4. The molecule has 0 aromatic heterocycles. The highest BCUT2D eigenvalue weighted by atomic mass is 32.2. The number of hydrazine groups is 1. The second kappa shape index (κ2) is 6.99. The number of rotatable bonds is 5. The van der Waals surface area contributed by atoms with Gasteiger partial charge in [-0.1, -0.05) is 12.1 Å². The third-order valence-corrected chi connectivity index (χ3v) is 3.94. The van der Waals surface area contributed by atoms with E-state index in [1.54, 1.807) is 0 Å². The van der Waals surface area contributed by atoms with Gasteiger partial charge in [0.2, 0.25) is 0 Å². The van der Waals surface area contributed by atoms with Crippen LogP contribution in [-0.4, -0.2) is 30.8 Å². The summed E-state index contributed by atoms with van der Waals surface area (Å²) in [6, 6.07) is 8.03. The quantitative estimate of drug-likeness (QED) is 0.629. The van der Waals surface area contributed by atoms with Crippen LogP contribution < -0.4 is 16.0 Å². The van der Waals surface area contributed by atoms with Gasteiger partial charge in [-0.05, 0) is 24.6 Å². The Balaban J connectivity index is 2.12. The lowest BCUT2D eigenvalue weighted by atomic mass is 10.0. The maximum Gasteiger partial charge on any atom is 0.119 e. The van der Waals surface area contributed by atoms with E-state index < -0.39 is 0 Å². The Morgan fingerprint density at radius 1 is 1.61 bits per heavy atom. The molecular weight excluding hydrogens is 248 g/mol. The minimum absolute atomic E-state index is 0.0122. The summed E-state index contributed by atoms with van der Waals surface area (Å²) < 4.78 is 11.3. The van der Waals surface area contributed by atoms with Crippen molar-refractivity contribution in [2.75, 3.05) is 24.7 Å². The molecular formula is C13H20N2O2S. The van der Waals surface area contributed by atoms with Crippen LogP contribution in [0.5, 0.6) is 5.75 Å². The van der Waals surface area contributed by atoms with E-state index in [4.69, 9.17) is 15.3 Å². The minimum atomic E-state index is 0.0122. The topological polar surface area (TPSA) is 56.5 Å². The van der Waals surface area contributed by atoms with Gasteiger partial charge in [0.15, 0.2) is 0 Å². The second-order valence-corrected chi connectivity index (χ2v) is 5.28. The van der Waals surface area contributed by atoms with Gasteiger partial charge in [0.25, 0.3) is 0 Å². The third-order valence-electron chi connectivity index (χ3n) is 2.92.